The largest absolute Gasteiger partial charge is 0.327 e. The van der Waals surface area contributed by atoms with E-state index in [1.807, 2.05) is 24.3 Å². The molecule has 2 atom stereocenters. The lowest BCUT2D eigenvalue weighted by Gasteiger charge is -2.46. The lowest BCUT2D eigenvalue weighted by atomic mass is 9.58. The molecular formula is C56H65N5O4. The molecule has 6 amide bonds. The van der Waals surface area contributed by atoms with E-state index in [0.29, 0.717) is 0 Å². The van der Waals surface area contributed by atoms with Crippen molar-refractivity contribution < 1.29 is 19.2 Å². The second-order valence-corrected chi connectivity index (χ2v) is 21.6. The number of urea groups is 2. The third-order valence-electron chi connectivity index (χ3n) is 15.2. The summed E-state index contributed by atoms with van der Waals surface area (Å²) in [6.45, 7) is 31.7. The molecule has 4 aromatic rings. The Bertz CT molecular complexity index is 2720. The molecule has 0 saturated carbocycles. The number of hydrogen-bond donors (Lipinski definition) is 1. The highest BCUT2D eigenvalue weighted by molar-refractivity contribution is 6.06. The molecule has 1 N–H and O–H groups in total. The summed E-state index contributed by atoms with van der Waals surface area (Å²) in [7, 11) is 1.63. The molecule has 0 bridgehead atoms. The minimum Gasteiger partial charge on any atom is -0.324 e. The smallest absolute Gasteiger partial charge is 0.324 e. The number of amides is 6. The van der Waals surface area contributed by atoms with Crippen LogP contribution in [0.3, 0.4) is 0 Å². The number of aryl methyl sites for hydroxylation is 2. The van der Waals surface area contributed by atoms with Crippen molar-refractivity contribution in [1.29, 1.82) is 0 Å². The van der Waals surface area contributed by atoms with Crippen LogP contribution in [0.4, 0.5) is 9.59 Å². The Morgan fingerprint density at radius 2 is 1.31 bits per heavy atom. The summed E-state index contributed by atoms with van der Waals surface area (Å²) in [6.07, 6.45) is 10.8. The molecule has 2 unspecified atom stereocenters. The van der Waals surface area contributed by atoms with Gasteiger partial charge >= 0.3 is 12.1 Å². The maximum atomic E-state index is 12.8. The third kappa shape index (κ3) is 8.06. The highest BCUT2D eigenvalue weighted by Gasteiger charge is 2.45. The number of nitrogens with one attached hydrogen (secondary N) is 1. The number of hydrogen-bond acceptors (Lipinski definition) is 5. The normalized spacial score (nSPS) is 22.8. The Kier molecular flexibility index (Phi) is 11.1. The number of rotatable bonds is 11. The van der Waals surface area contributed by atoms with Crippen LogP contribution < -0.4 is 5.32 Å². The van der Waals surface area contributed by atoms with Crippen molar-refractivity contribution in [3.8, 4) is 0 Å². The Morgan fingerprint density at radius 1 is 0.692 bits per heavy atom. The number of nitrogens with zero attached hydrogens (tertiary/aromatic N) is 4. The zero-order valence-corrected chi connectivity index (χ0v) is 40.3. The van der Waals surface area contributed by atoms with Crippen molar-refractivity contribution in [2.24, 2.45) is 0 Å². The van der Waals surface area contributed by atoms with Crippen LogP contribution in [0.1, 0.15) is 148 Å². The van der Waals surface area contributed by atoms with Crippen LogP contribution in [-0.4, -0.2) is 62.7 Å². The van der Waals surface area contributed by atoms with Gasteiger partial charge in [-0.05, 0) is 143 Å². The van der Waals surface area contributed by atoms with Crippen LogP contribution in [0.2, 0.25) is 0 Å². The maximum absolute atomic E-state index is 12.8. The summed E-state index contributed by atoms with van der Waals surface area (Å²) in [4.78, 5) is 59.0. The first-order valence-corrected chi connectivity index (χ1v) is 23.0. The number of imide groups is 2. The first-order chi connectivity index (χ1) is 30.3. The lowest BCUT2D eigenvalue weighted by molar-refractivity contribution is -0.130. The van der Waals surface area contributed by atoms with Gasteiger partial charge in [-0.25, -0.2) is 9.59 Å². The molecule has 2 aliphatic carbocycles. The summed E-state index contributed by atoms with van der Waals surface area (Å²) >= 11 is 0. The Labute approximate surface area is 385 Å². The predicted molar refractivity (Wildman–Crippen MR) is 259 cm³/mol. The van der Waals surface area contributed by atoms with E-state index in [1.165, 1.54) is 42.5 Å². The van der Waals surface area contributed by atoms with Crippen LogP contribution in [0.5, 0.6) is 0 Å². The monoisotopic (exact) mass is 872 g/mol. The van der Waals surface area contributed by atoms with Gasteiger partial charge in [0, 0.05) is 29.6 Å². The van der Waals surface area contributed by atoms with E-state index in [2.05, 4.69) is 122 Å². The molecule has 2 aliphatic heterocycles. The Balaban J connectivity index is 1.04. The number of pyridine rings is 1. The fraction of sp³-hybridized carbons (Fsp3) is 0.411. The molecule has 1 aromatic heterocycles. The average Bonchev–Trinajstić information content (AvgIpc) is 3.61. The van der Waals surface area contributed by atoms with Crippen LogP contribution >= 0.6 is 0 Å². The van der Waals surface area contributed by atoms with E-state index in [0.717, 1.165) is 75.9 Å². The van der Waals surface area contributed by atoms with Crippen molar-refractivity contribution >= 4 is 35.0 Å². The first kappa shape index (κ1) is 45.5. The Hall–Kier alpha value is -6.09. The molecule has 0 spiro atoms. The summed E-state index contributed by atoms with van der Waals surface area (Å²) < 4.78 is 0. The molecule has 65 heavy (non-hydrogen) atoms. The van der Waals surface area contributed by atoms with Crippen LogP contribution in [0.25, 0.3) is 11.1 Å². The number of benzene rings is 3. The van der Waals surface area contributed by atoms with Crippen LogP contribution in [0.15, 0.2) is 92.2 Å². The van der Waals surface area contributed by atoms with Gasteiger partial charge in [0.2, 0.25) is 0 Å². The second kappa shape index (κ2) is 15.8. The van der Waals surface area contributed by atoms with Gasteiger partial charge in [0.05, 0.1) is 18.8 Å². The molecule has 2 saturated heterocycles. The average molecular weight is 872 g/mol. The maximum Gasteiger partial charge on any atom is 0.327 e. The SMILES string of the molecule is C=C(c1ccc(CN2C(=O)NC(C)(C)C2=O)cc1)c1cc2c(cc1C)C(C)(C)CCC2(C)CCC1(C)C=CC(C)(C)c2cc(C(=C)c3ccc(CN4C(=O)CN(C)C4=O)cn3)c(C)cc21. The summed E-state index contributed by atoms with van der Waals surface area (Å²) in [5, 5.41) is 2.77. The number of carbonyl (C=O) groups excluding carboxylic acids is 4. The number of likely N-dealkylation sites (N-methyl/N-ethyl adjacent to an activating group) is 1. The van der Waals surface area contributed by atoms with Gasteiger partial charge in [0.15, 0.2) is 0 Å². The molecule has 0 radical (unpaired) electrons. The van der Waals surface area contributed by atoms with Gasteiger partial charge < -0.3 is 10.2 Å². The molecule has 4 aliphatic rings. The number of fused-ring (bicyclic) bond motifs is 2. The van der Waals surface area contributed by atoms with Gasteiger partial charge in [-0.3, -0.25) is 24.4 Å². The fourth-order valence-corrected chi connectivity index (χ4v) is 10.5. The number of allylic oxidation sites excluding steroid dienone is 2. The van der Waals surface area contributed by atoms with Crippen LogP contribution in [0, 0.1) is 13.8 Å². The standard InChI is InChI=1S/C56H65N5O4/c1-34-26-43-46(29-41(34)36(3)40-17-14-38(15-18-40)31-61-49(63)54(9,10)58-50(61)64)56(12,23-20-52(43,5)6)25-24-55(11)22-21-53(7,8)44-28-42(35(2)27-45(44)55)37(4)47-19-16-39(30-57-47)32-60-48(62)33-59(13)51(60)65/h14-19,21-22,26-30H,3-4,20,23-25,31-33H2,1-2,5-13H3,(H,58,64). The van der Waals surface area contributed by atoms with E-state index in [4.69, 9.17) is 4.98 Å². The molecular weight excluding hydrogens is 807 g/mol. The van der Waals surface area contributed by atoms with Crippen molar-refractivity contribution in [2.75, 3.05) is 13.6 Å². The summed E-state index contributed by atoms with van der Waals surface area (Å²) in [5.41, 5.74) is 14.0. The highest BCUT2D eigenvalue weighted by atomic mass is 16.2. The van der Waals surface area contributed by atoms with E-state index in [-0.39, 0.29) is 65.2 Å². The molecule has 9 heteroatoms. The third-order valence-corrected chi connectivity index (χ3v) is 15.2. The zero-order valence-electron chi connectivity index (χ0n) is 40.3. The topological polar surface area (TPSA) is 103 Å². The minimum atomic E-state index is -0.902. The van der Waals surface area contributed by atoms with Crippen molar-refractivity contribution in [3.05, 3.63) is 159 Å². The van der Waals surface area contributed by atoms with Gasteiger partial charge in [-0.15, -0.1) is 0 Å². The van der Waals surface area contributed by atoms with Gasteiger partial charge in [0.25, 0.3) is 11.8 Å². The molecule has 2 fully saturated rings. The second-order valence-electron chi connectivity index (χ2n) is 21.6. The van der Waals surface area contributed by atoms with E-state index in [1.54, 1.807) is 27.1 Å². The minimum absolute atomic E-state index is 0.0360. The first-order valence-electron chi connectivity index (χ1n) is 23.0. The summed E-state index contributed by atoms with van der Waals surface area (Å²) in [6, 6.07) is 20.9. The van der Waals surface area contributed by atoms with Crippen molar-refractivity contribution in [1.82, 2.24) is 25.0 Å². The van der Waals surface area contributed by atoms with Crippen molar-refractivity contribution in [3.63, 3.8) is 0 Å². The van der Waals surface area contributed by atoms with Gasteiger partial charge in [0.1, 0.15) is 12.1 Å². The van der Waals surface area contributed by atoms with Crippen LogP contribution in [-0.2, 0) is 44.3 Å². The van der Waals surface area contributed by atoms with E-state index in [9.17, 15) is 19.2 Å². The zero-order chi connectivity index (χ0) is 47.2. The molecule has 9 nitrogen and oxygen atoms in total. The molecule has 338 valence electrons. The Morgan fingerprint density at radius 3 is 1.91 bits per heavy atom. The lowest BCUT2D eigenvalue weighted by Crippen LogP contribution is -2.40. The summed E-state index contributed by atoms with van der Waals surface area (Å²) in [5.74, 6) is -0.426. The number of carbonyl (C=O) groups is 4. The molecule has 3 aromatic carbocycles. The fourth-order valence-electron chi connectivity index (χ4n) is 10.5. The molecule has 3 heterocycles. The quantitative estimate of drug-likeness (QED) is 0.119. The molecule has 8 rings (SSSR count). The predicted octanol–water partition coefficient (Wildman–Crippen LogP) is 11.0. The highest BCUT2D eigenvalue weighted by Crippen LogP contribution is 2.53. The van der Waals surface area contributed by atoms with E-state index >= 15 is 0 Å². The van der Waals surface area contributed by atoms with E-state index < -0.39 is 5.54 Å². The van der Waals surface area contributed by atoms with Gasteiger partial charge in [-0.2, -0.15) is 0 Å². The van der Waals surface area contributed by atoms with Crippen molar-refractivity contribution in [2.45, 2.75) is 135 Å². The van der Waals surface area contributed by atoms with Gasteiger partial charge in [-0.1, -0.05) is 115 Å². The number of aromatic nitrogens is 1.